The predicted octanol–water partition coefficient (Wildman–Crippen LogP) is 2.48. The molecule has 18 heavy (non-hydrogen) atoms. The molecule has 1 heterocycles. The number of rotatable bonds is 6. The van der Waals surface area contributed by atoms with Gasteiger partial charge >= 0.3 is 0 Å². The fourth-order valence-electron chi connectivity index (χ4n) is 2.16. The highest BCUT2D eigenvalue weighted by molar-refractivity contribution is 5.24. The average molecular weight is 250 g/mol. The van der Waals surface area contributed by atoms with Crippen molar-refractivity contribution in [3.8, 4) is 0 Å². The zero-order valence-corrected chi connectivity index (χ0v) is 11.0. The van der Waals surface area contributed by atoms with Gasteiger partial charge in [0, 0.05) is 6.61 Å². The Morgan fingerprint density at radius 2 is 2.17 bits per heavy atom. The molecular weight excluding hydrogens is 228 g/mol. The van der Waals surface area contributed by atoms with Crippen molar-refractivity contribution in [3.63, 3.8) is 0 Å². The summed E-state index contributed by atoms with van der Waals surface area (Å²) in [7, 11) is 0. The molecule has 0 aromatic heterocycles. The molecule has 1 aromatic rings. The second-order valence-corrected chi connectivity index (χ2v) is 4.78. The van der Waals surface area contributed by atoms with Gasteiger partial charge in [0.15, 0.2) is 0 Å². The third-order valence-corrected chi connectivity index (χ3v) is 3.38. The van der Waals surface area contributed by atoms with E-state index in [2.05, 4.69) is 19.1 Å². The Bertz CT molecular complexity index is 341. The standard InChI is InChI=1S/C15H22O3/c1-2-12-5-7-13(8-6-12)15(16)11-17-10-14-4-3-9-18-14/h5-8,14-16H,2-4,9-11H2,1H3. The van der Waals surface area contributed by atoms with Gasteiger partial charge in [-0.05, 0) is 30.4 Å². The van der Waals surface area contributed by atoms with Gasteiger partial charge < -0.3 is 14.6 Å². The quantitative estimate of drug-likeness (QED) is 0.843. The van der Waals surface area contributed by atoms with E-state index in [0.717, 1.165) is 31.4 Å². The number of aliphatic hydroxyl groups excluding tert-OH is 1. The van der Waals surface area contributed by atoms with Crippen LogP contribution in [0.4, 0.5) is 0 Å². The first-order valence-corrected chi connectivity index (χ1v) is 6.76. The van der Waals surface area contributed by atoms with E-state index >= 15 is 0 Å². The van der Waals surface area contributed by atoms with Gasteiger partial charge in [-0.25, -0.2) is 0 Å². The molecule has 1 aromatic carbocycles. The lowest BCUT2D eigenvalue weighted by molar-refractivity contribution is -0.0176. The second-order valence-electron chi connectivity index (χ2n) is 4.78. The first kappa shape index (κ1) is 13.5. The zero-order valence-electron chi connectivity index (χ0n) is 11.0. The summed E-state index contributed by atoms with van der Waals surface area (Å²) >= 11 is 0. The molecule has 2 atom stereocenters. The first-order chi connectivity index (χ1) is 8.79. The van der Waals surface area contributed by atoms with E-state index in [9.17, 15) is 5.11 Å². The number of hydrogen-bond acceptors (Lipinski definition) is 3. The van der Waals surface area contributed by atoms with Crippen molar-refractivity contribution in [2.24, 2.45) is 0 Å². The number of benzene rings is 1. The number of aliphatic hydroxyl groups is 1. The molecule has 1 aliphatic heterocycles. The number of ether oxygens (including phenoxy) is 2. The highest BCUT2D eigenvalue weighted by Gasteiger charge is 2.16. The normalized spacial score (nSPS) is 21.1. The predicted molar refractivity (Wildman–Crippen MR) is 70.6 cm³/mol. The fourth-order valence-corrected chi connectivity index (χ4v) is 2.16. The van der Waals surface area contributed by atoms with Crippen molar-refractivity contribution in [3.05, 3.63) is 35.4 Å². The van der Waals surface area contributed by atoms with Gasteiger partial charge in [-0.3, -0.25) is 0 Å². The van der Waals surface area contributed by atoms with Crippen molar-refractivity contribution in [1.29, 1.82) is 0 Å². The van der Waals surface area contributed by atoms with Crippen LogP contribution in [0.2, 0.25) is 0 Å². The van der Waals surface area contributed by atoms with E-state index in [0.29, 0.717) is 13.2 Å². The fraction of sp³-hybridized carbons (Fsp3) is 0.600. The lowest BCUT2D eigenvalue weighted by Gasteiger charge is -2.14. The highest BCUT2D eigenvalue weighted by Crippen LogP contribution is 2.16. The van der Waals surface area contributed by atoms with Gasteiger partial charge in [0.05, 0.1) is 19.3 Å². The Labute approximate surface area is 109 Å². The summed E-state index contributed by atoms with van der Waals surface area (Å²) in [5.74, 6) is 0. The topological polar surface area (TPSA) is 38.7 Å². The van der Waals surface area contributed by atoms with E-state index in [1.54, 1.807) is 0 Å². The summed E-state index contributed by atoms with van der Waals surface area (Å²) in [5.41, 5.74) is 2.20. The Morgan fingerprint density at radius 3 is 2.78 bits per heavy atom. The molecule has 3 heteroatoms. The smallest absolute Gasteiger partial charge is 0.102 e. The molecule has 100 valence electrons. The third-order valence-electron chi connectivity index (χ3n) is 3.38. The van der Waals surface area contributed by atoms with Crippen molar-refractivity contribution in [2.75, 3.05) is 19.8 Å². The van der Waals surface area contributed by atoms with Gasteiger partial charge in [0.2, 0.25) is 0 Å². The van der Waals surface area contributed by atoms with Crippen LogP contribution in [0.5, 0.6) is 0 Å². The van der Waals surface area contributed by atoms with E-state index < -0.39 is 6.10 Å². The minimum absolute atomic E-state index is 0.222. The van der Waals surface area contributed by atoms with Gasteiger partial charge in [-0.15, -0.1) is 0 Å². The minimum atomic E-state index is -0.544. The van der Waals surface area contributed by atoms with E-state index in [1.165, 1.54) is 5.56 Å². The van der Waals surface area contributed by atoms with E-state index in [4.69, 9.17) is 9.47 Å². The van der Waals surface area contributed by atoms with Gasteiger partial charge in [-0.2, -0.15) is 0 Å². The molecule has 0 radical (unpaired) electrons. The third kappa shape index (κ3) is 3.80. The molecule has 3 nitrogen and oxygen atoms in total. The second kappa shape index (κ2) is 6.88. The summed E-state index contributed by atoms with van der Waals surface area (Å²) in [6.07, 6.45) is 2.89. The Balaban J connectivity index is 1.74. The molecule has 1 aliphatic rings. The van der Waals surface area contributed by atoms with Crippen LogP contribution in [0.1, 0.15) is 37.0 Å². The molecule has 1 N–H and O–H groups in total. The van der Waals surface area contributed by atoms with Crippen molar-refractivity contribution < 1.29 is 14.6 Å². The lowest BCUT2D eigenvalue weighted by atomic mass is 10.1. The summed E-state index contributed by atoms with van der Waals surface area (Å²) in [6, 6.07) is 8.05. The zero-order chi connectivity index (χ0) is 12.8. The minimum Gasteiger partial charge on any atom is -0.386 e. The average Bonchev–Trinajstić information content (AvgIpc) is 2.92. The summed E-state index contributed by atoms with van der Waals surface area (Å²) in [6.45, 7) is 3.89. The molecule has 2 unspecified atom stereocenters. The largest absolute Gasteiger partial charge is 0.386 e. The number of aryl methyl sites for hydroxylation is 1. The number of hydrogen-bond donors (Lipinski definition) is 1. The van der Waals surface area contributed by atoms with Crippen LogP contribution in [0.15, 0.2) is 24.3 Å². The highest BCUT2D eigenvalue weighted by atomic mass is 16.5. The van der Waals surface area contributed by atoms with Crippen molar-refractivity contribution >= 4 is 0 Å². The van der Waals surface area contributed by atoms with Crippen LogP contribution in [-0.2, 0) is 15.9 Å². The molecular formula is C15H22O3. The van der Waals surface area contributed by atoms with Crippen LogP contribution >= 0.6 is 0 Å². The van der Waals surface area contributed by atoms with Crippen LogP contribution in [0.25, 0.3) is 0 Å². The van der Waals surface area contributed by atoms with Crippen molar-refractivity contribution in [1.82, 2.24) is 0 Å². The van der Waals surface area contributed by atoms with Gasteiger partial charge in [-0.1, -0.05) is 31.2 Å². The molecule has 1 saturated heterocycles. The van der Waals surface area contributed by atoms with Crippen LogP contribution < -0.4 is 0 Å². The first-order valence-electron chi connectivity index (χ1n) is 6.76. The molecule has 0 aliphatic carbocycles. The molecule has 0 saturated carbocycles. The molecule has 0 spiro atoms. The summed E-state index contributed by atoms with van der Waals surface area (Å²) in [5, 5.41) is 9.99. The Hall–Kier alpha value is -0.900. The van der Waals surface area contributed by atoms with Crippen LogP contribution in [0, 0.1) is 0 Å². The van der Waals surface area contributed by atoms with Gasteiger partial charge in [0.25, 0.3) is 0 Å². The molecule has 1 fully saturated rings. The maximum atomic E-state index is 9.99. The maximum absolute atomic E-state index is 9.99. The van der Waals surface area contributed by atoms with Crippen LogP contribution in [-0.4, -0.2) is 31.0 Å². The Morgan fingerprint density at radius 1 is 1.39 bits per heavy atom. The lowest BCUT2D eigenvalue weighted by Crippen LogP contribution is -2.17. The molecule has 2 rings (SSSR count). The summed E-state index contributed by atoms with van der Waals surface area (Å²) < 4.78 is 11.0. The SMILES string of the molecule is CCc1ccc(C(O)COCC2CCCO2)cc1. The van der Waals surface area contributed by atoms with E-state index in [-0.39, 0.29) is 6.10 Å². The Kier molecular flexibility index (Phi) is 5.17. The molecule has 0 bridgehead atoms. The molecule has 0 amide bonds. The van der Waals surface area contributed by atoms with Crippen LogP contribution in [0.3, 0.4) is 0 Å². The summed E-state index contributed by atoms with van der Waals surface area (Å²) in [4.78, 5) is 0. The van der Waals surface area contributed by atoms with Crippen molar-refractivity contribution in [2.45, 2.75) is 38.4 Å². The maximum Gasteiger partial charge on any atom is 0.102 e. The van der Waals surface area contributed by atoms with Gasteiger partial charge in [0.1, 0.15) is 6.10 Å². The van der Waals surface area contributed by atoms with E-state index in [1.807, 2.05) is 12.1 Å². The monoisotopic (exact) mass is 250 g/mol.